The van der Waals surface area contributed by atoms with Gasteiger partial charge in [-0.25, -0.2) is 0 Å². The van der Waals surface area contributed by atoms with Crippen LogP contribution in [0.3, 0.4) is 0 Å². The number of nitrogens with two attached hydrogens (primary N) is 1. The predicted molar refractivity (Wildman–Crippen MR) is 31.2 cm³/mol. The summed E-state index contributed by atoms with van der Waals surface area (Å²) in [4.78, 5) is 0. The van der Waals surface area contributed by atoms with Crippen molar-refractivity contribution in [1.29, 1.82) is 0 Å². The molecule has 50 valence electrons. The zero-order valence-electron chi connectivity index (χ0n) is 5.55. The van der Waals surface area contributed by atoms with Crippen molar-refractivity contribution in [3.8, 4) is 0 Å². The first kappa shape index (κ1) is 7.88. The number of methoxy groups -OCH3 is 1. The monoisotopic (exact) mass is 119 g/mol. The Labute approximate surface area is 49.8 Å². The zero-order valence-corrected chi connectivity index (χ0v) is 5.55. The third-order valence-electron chi connectivity index (χ3n) is 0.639. The van der Waals surface area contributed by atoms with Crippen molar-refractivity contribution in [2.24, 2.45) is 5.73 Å². The van der Waals surface area contributed by atoms with Crippen molar-refractivity contribution in [2.45, 2.75) is 26.4 Å². The van der Waals surface area contributed by atoms with E-state index in [2.05, 4.69) is 4.74 Å². The summed E-state index contributed by atoms with van der Waals surface area (Å²) in [5.74, 6) is 0. The van der Waals surface area contributed by atoms with Gasteiger partial charge in [0, 0.05) is 7.11 Å². The van der Waals surface area contributed by atoms with E-state index in [1.807, 2.05) is 13.8 Å². The quantitative estimate of drug-likeness (QED) is 0.543. The Kier molecular flexibility index (Phi) is 3.77. The van der Waals surface area contributed by atoms with Gasteiger partial charge in [0.15, 0.2) is 0 Å². The second-order valence-electron chi connectivity index (χ2n) is 1.79. The summed E-state index contributed by atoms with van der Waals surface area (Å²) in [6.07, 6.45) is -0.444. The van der Waals surface area contributed by atoms with Crippen LogP contribution in [0.5, 0.6) is 0 Å². The normalized spacial score (nSPS) is 14.6. The van der Waals surface area contributed by atoms with Crippen LogP contribution in [0.25, 0.3) is 0 Å². The summed E-state index contributed by atoms with van der Waals surface area (Å²) in [6.45, 7) is 3.80. The number of ether oxygens (including phenoxy) is 2. The lowest BCUT2D eigenvalue weighted by atomic mass is 10.5. The van der Waals surface area contributed by atoms with E-state index < -0.39 is 6.41 Å². The lowest BCUT2D eigenvalue weighted by Gasteiger charge is -2.12. The van der Waals surface area contributed by atoms with Crippen molar-refractivity contribution in [1.82, 2.24) is 0 Å². The minimum Gasteiger partial charge on any atom is -0.343 e. The van der Waals surface area contributed by atoms with Gasteiger partial charge in [-0.15, -0.1) is 0 Å². The SMILES string of the molecule is COC(N)OC(C)C. The molecule has 8 heavy (non-hydrogen) atoms. The summed E-state index contributed by atoms with van der Waals surface area (Å²) in [5, 5.41) is 0. The van der Waals surface area contributed by atoms with Crippen LogP contribution in [0.1, 0.15) is 13.8 Å². The molecule has 2 N–H and O–H groups in total. The van der Waals surface area contributed by atoms with Crippen LogP contribution < -0.4 is 5.73 Å². The molecule has 1 atom stereocenters. The van der Waals surface area contributed by atoms with Gasteiger partial charge < -0.3 is 9.47 Å². The Morgan fingerprint density at radius 3 is 2.00 bits per heavy atom. The number of hydrogen-bond acceptors (Lipinski definition) is 3. The van der Waals surface area contributed by atoms with Gasteiger partial charge in [-0.3, -0.25) is 5.73 Å². The molecule has 0 aromatic carbocycles. The molecule has 0 heterocycles. The molecule has 0 aromatic rings. The van der Waals surface area contributed by atoms with E-state index in [4.69, 9.17) is 10.5 Å². The topological polar surface area (TPSA) is 44.5 Å². The van der Waals surface area contributed by atoms with Crippen LogP contribution in [0.15, 0.2) is 0 Å². The molecule has 0 amide bonds. The van der Waals surface area contributed by atoms with Crippen LogP contribution >= 0.6 is 0 Å². The summed E-state index contributed by atoms with van der Waals surface area (Å²) in [7, 11) is 1.51. The molecular formula is C5H13NO2. The standard InChI is InChI=1S/C5H13NO2/c1-4(2)8-5(6)7-3/h4-5H,6H2,1-3H3. The van der Waals surface area contributed by atoms with Crippen molar-refractivity contribution >= 4 is 0 Å². The first-order chi connectivity index (χ1) is 3.66. The summed E-state index contributed by atoms with van der Waals surface area (Å²) < 4.78 is 9.57. The number of rotatable bonds is 3. The minimum atomic E-state index is -0.574. The average molecular weight is 119 g/mol. The molecule has 0 rings (SSSR count). The largest absolute Gasteiger partial charge is 0.343 e. The summed E-state index contributed by atoms with van der Waals surface area (Å²) in [6, 6.07) is 0. The lowest BCUT2D eigenvalue weighted by Crippen LogP contribution is -2.28. The molecule has 0 saturated carbocycles. The molecule has 0 radical (unpaired) electrons. The minimum absolute atomic E-state index is 0.130. The van der Waals surface area contributed by atoms with E-state index in [9.17, 15) is 0 Å². The fourth-order valence-electron chi connectivity index (χ4n) is 0.324. The fourth-order valence-corrected chi connectivity index (χ4v) is 0.324. The zero-order chi connectivity index (χ0) is 6.57. The van der Waals surface area contributed by atoms with E-state index in [0.717, 1.165) is 0 Å². The Balaban J connectivity index is 3.10. The first-order valence-corrected chi connectivity index (χ1v) is 2.60. The highest BCUT2D eigenvalue weighted by atomic mass is 16.7. The van der Waals surface area contributed by atoms with Crippen LogP contribution in [0, 0.1) is 0 Å². The van der Waals surface area contributed by atoms with E-state index in [1.54, 1.807) is 0 Å². The van der Waals surface area contributed by atoms with E-state index in [1.165, 1.54) is 7.11 Å². The van der Waals surface area contributed by atoms with E-state index in [-0.39, 0.29) is 6.10 Å². The average Bonchev–Trinajstić information content (AvgIpc) is 1.65. The van der Waals surface area contributed by atoms with E-state index in [0.29, 0.717) is 0 Å². The smallest absolute Gasteiger partial charge is 0.213 e. The second kappa shape index (κ2) is 3.83. The predicted octanol–water partition coefficient (Wildman–Crippen LogP) is 0.300. The van der Waals surface area contributed by atoms with Crippen LogP contribution in [-0.2, 0) is 9.47 Å². The highest BCUT2D eigenvalue weighted by molar-refractivity contribution is 4.34. The molecule has 0 saturated heterocycles. The van der Waals surface area contributed by atoms with Crippen LogP contribution in [0.2, 0.25) is 0 Å². The summed E-state index contributed by atoms with van der Waals surface area (Å²) >= 11 is 0. The van der Waals surface area contributed by atoms with Crippen LogP contribution in [-0.4, -0.2) is 19.6 Å². The molecule has 3 nitrogen and oxygen atoms in total. The molecule has 0 fully saturated rings. The molecule has 0 aliphatic rings. The van der Waals surface area contributed by atoms with E-state index >= 15 is 0 Å². The highest BCUT2D eigenvalue weighted by Crippen LogP contribution is 1.90. The maximum Gasteiger partial charge on any atom is 0.213 e. The Morgan fingerprint density at radius 1 is 1.38 bits per heavy atom. The molecule has 0 aliphatic carbocycles. The number of hydrogen-bond donors (Lipinski definition) is 1. The second-order valence-corrected chi connectivity index (χ2v) is 1.79. The van der Waals surface area contributed by atoms with Gasteiger partial charge in [0.05, 0.1) is 6.10 Å². The Hall–Kier alpha value is -0.120. The highest BCUT2D eigenvalue weighted by Gasteiger charge is 1.99. The molecule has 0 aliphatic heterocycles. The molecule has 0 bridgehead atoms. The van der Waals surface area contributed by atoms with Crippen molar-refractivity contribution in [3.05, 3.63) is 0 Å². The van der Waals surface area contributed by atoms with Gasteiger partial charge in [-0.2, -0.15) is 0 Å². The summed E-state index contributed by atoms with van der Waals surface area (Å²) in [5.41, 5.74) is 5.23. The van der Waals surface area contributed by atoms with Gasteiger partial charge in [0.2, 0.25) is 6.41 Å². The van der Waals surface area contributed by atoms with Crippen molar-refractivity contribution in [3.63, 3.8) is 0 Å². The van der Waals surface area contributed by atoms with Gasteiger partial charge in [0.1, 0.15) is 0 Å². The van der Waals surface area contributed by atoms with Gasteiger partial charge in [-0.05, 0) is 13.8 Å². The van der Waals surface area contributed by atoms with Gasteiger partial charge in [0.25, 0.3) is 0 Å². The Morgan fingerprint density at radius 2 is 1.88 bits per heavy atom. The molecular weight excluding hydrogens is 106 g/mol. The lowest BCUT2D eigenvalue weighted by molar-refractivity contribution is -0.141. The first-order valence-electron chi connectivity index (χ1n) is 2.60. The van der Waals surface area contributed by atoms with Crippen molar-refractivity contribution in [2.75, 3.05) is 7.11 Å². The fraction of sp³-hybridized carbons (Fsp3) is 1.00. The van der Waals surface area contributed by atoms with Gasteiger partial charge >= 0.3 is 0 Å². The third kappa shape index (κ3) is 4.05. The molecule has 1 unspecified atom stereocenters. The van der Waals surface area contributed by atoms with Crippen molar-refractivity contribution < 1.29 is 9.47 Å². The maximum absolute atomic E-state index is 5.23. The van der Waals surface area contributed by atoms with Gasteiger partial charge in [-0.1, -0.05) is 0 Å². The molecule has 0 spiro atoms. The molecule has 3 heteroatoms. The maximum atomic E-state index is 5.23. The van der Waals surface area contributed by atoms with Crippen LogP contribution in [0.4, 0.5) is 0 Å². The Bertz CT molecular complexity index is 56.4. The third-order valence-corrected chi connectivity index (χ3v) is 0.639. The molecule has 0 aromatic heterocycles.